The molecule has 0 bridgehead atoms. The van der Waals surface area contributed by atoms with Gasteiger partial charge >= 0.3 is 0 Å². The van der Waals surface area contributed by atoms with Crippen molar-refractivity contribution >= 4 is 5.78 Å². The highest BCUT2D eigenvalue weighted by Crippen LogP contribution is 2.31. The fourth-order valence-corrected chi connectivity index (χ4v) is 1.55. The van der Waals surface area contributed by atoms with Crippen LogP contribution in [-0.2, 0) is 0 Å². The molecule has 1 aromatic rings. The van der Waals surface area contributed by atoms with E-state index in [4.69, 9.17) is 15.9 Å². The second-order valence-corrected chi connectivity index (χ2v) is 3.49. The molecule has 0 aromatic heterocycles. The van der Waals surface area contributed by atoms with E-state index in [1.807, 2.05) is 0 Å². The van der Waals surface area contributed by atoms with E-state index in [1.165, 1.54) is 0 Å². The molecule has 0 radical (unpaired) electrons. The first kappa shape index (κ1) is 10.6. The Hall–Kier alpha value is -1.95. The van der Waals surface area contributed by atoms with Gasteiger partial charge in [0.1, 0.15) is 13.2 Å². The maximum absolute atomic E-state index is 11.7. The fourth-order valence-electron chi connectivity index (χ4n) is 1.55. The lowest BCUT2D eigenvalue weighted by Crippen LogP contribution is -2.15. The van der Waals surface area contributed by atoms with E-state index in [0.29, 0.717) is 43.1 Å². The monoisotopic (exact) mass is 216 g/mol. The summed E-state index contributed by atoms with van der Waals surface area (Å²) in [6.07, 6.45) is 5.96. The van der Waals surface area contributed by atoms with Gasteiger partial charge in [0.25, 0.3) is 0 Å². The van der Waals surface area contributed by atoms with E-state index in [1.54, 1.807) is 18.2 Å². The number of rotatable bonds is 3. The topological polar surface area (TPSA) is 35.5 Å². The number of Topliss-reactive ketones (excluding diaryl/α,β-unsaturated/α-hetero) is 1. The summed E-state index contributed by atoms with van der Waals surface area (Å²) in [5.74, 6) is 3.82. The van der Waals surface area contributed by atoms with Crippen molar-refractivity contribution in [2.75, 3.05) is 13.2 Å². The zero-order valence-corrected chi connectivity index (χ0v) is 8.86. The van der Waals surface area contributed by atoms with E-state index >= 15 is 0 Å². The van der Waals surface area contributed by atoms with Gasteiger partial charge in [-0.15, -0.1) is 12.3 Å². The molecule has 3 heteroatoms. The van der Waals surface area contributed by atoms with Gasteiger partial charge in [-0.25, -0.2) is 0 Å². The van der Waals surface area contributed by atoms with Crippen LogP contribution in [0.2, 0.25) is 0 Å². The van der Waals surface area contributed by atoms with Crippen molar-refractivity contribution in [3.05, 3.63) is 23.8 Å². The predicted molar refractivity (Wildman–Crippen MR) is 59.8 cm³/mol. The molecule has 1 heterocycles. The van der Waals surface area contributed by atoms with Crippen molar-refractivity contribution in [2.24, 2.45) is 0 Å². The number of hydrogen-bond donors (Lipinski definition) is 0. The van der Waals surface area contributed by atoms with E-state index in [2.05, 4.69) is 5.92 Å². The second kappa shape index (κ2) is 4.71. The van der Waals surface area contributed by atoms with Crippen LogP contribution in [0.1, 0.15) is 23.2 Å². The number of ketones is 1. The van der Waals surface area contributed by atoms with Crippen molar-refractivity contribution in [3.63, 3.8) is 0 Å². The molecule has 0 fully saturated rings. The van der Waals surface area contributed by atoms with Crippen LogP contribution < -0.4 is 9.47 Å². The standard InChI is InChI=1S/C13H12O3/c1-2-3-4-11(14)10-5-6-12-13(9-10)16-8-7-15-12/h1,5-6,9H,3-4,7-8H2. The Bertz CT molecular complexity index is 443. The zero-order valence-electron chi connectivity index (χ0n) is 8.86. The molecule has 1 aliphatic rings. The van der Waals surface area contributed by atoms with Crippen LogP contribution in [0.15, 0.2) is 18.2 Å². The van der Waals surface area contributed by atoms with Gasteiger partial charge in [0.2, 0.25) is 0 Å². The molecule has 0 atom stereocenters. The molecule has 0 saturated carbocycles. The van der Waals surface area contributed by atoms with E-state index < -0.39 is 0 Å². The summed E-state index contributed by atoms with van der Waals surface area (Å²) in [6.45, 7) is 1.08. The summed E-state index contributed by atoms with van der Waals surface area (Å²) >= 11 is 0. The summed E-state index contributed by atoms with van der Waals surface area (Å²) in [4.78, 5) is 11.7. The van der Waals surface area contributed by atoms with Gasteiger partial charge in [-0.3, -0.25) is 4.79 Å². The Labute approximate surface area is 94.4 Å². The number of carbonyl (C=O) groups is 1. The maximum atomic E-state index is 11.7. The van der Waals surface area contributed by atoms with Crippen LogP contribution in [-0.4, -0.2) is 19.0 Å². The van der Waals surface area contributed by atoms with Gasteiger partial charge in [0.15, 0.2) is 17.3 Å². The smallest absolute Gasteiger partial charge is 0.163 e. The highest BCUT2D eigenvalue weighted by atomic mass is 16.6. The van der Waals surface area contributed by atoms with Crippen LogP contribution in [0.4, 0.5) is 0 Å². The Morgan fingerprint density at radius 3 is 2.81 bits per heavy atom. The molecule has 1 aliphatic heterocycles. The summed E-state index contributed by atoms with van der Waals surface area (Å²) in [5, 5.41) is 0. The normalized spacial score (nSPS) is 12.9. The maximum Gasteiger partial charge on any atom is 0.163 e. The number of terminal acetylenes is 1. The minimum atomic E-state index is 0.0370. The average Bonchev–Trinajstić information content (AvgIpc) is 2.35. The molecule has 3 nitrogen and oxygen atoms in total. The summed E-state index contributed by atoms with van der Waals surface area (Å²) in [7, 11) is 0. The number of fused-ring (bicyclic) bond motifs is 1. The third-order valence-electron chi connectivity index (χ3n) is 2.36. The minimum Gasteiger partial charge on any atom is -0.486 e. The van der Waals surface area contributed by atoms with Crippen molar-refractivity contribution in [1.29, 1.82) is 0 Å². The van der Waals surface area contributed by atoms with Crippen molar-refractivity contribution < 1.29 is 14.3 Å². The predicted octanol–water partition coefficient (Wildman–Crippen LogP) is 2.05. The molecule has 0 unspecified atom stereocenters. The van der Waals surface area contributed by atoms with Gasteiger partial charge in [-0.1, -0.05) is 0 Å². The molecule has 0 amide bonds. The first-order valence-corrected chi connectivity index (χ1v) is 5.17. The first-order valence-electron chi connectivity index (χ1n) is 5.17. The highest BCUT2D eigenvalue weighted by molar-refractivity contribution is 5.96. The van der Waals surface area contributed by atoms with Crippen LogP contribution in [0.5, 0.6) is 11.5 Å². The largest absolute Gasteiger partial charge is 0.486 e. The van der Waals surface area contributed by atoms with Crippen molar-refractivity contribution in [2.45, 2.75) is 12.8 Å². The van der Waals surface area contributed by atoms with Crippen molar-refractivity contribution in [1.82, 2.24) is 0 Å². The van der Waals surface area contributed by atoms with Crippen LogP contribution in [0.25, 0.3) is 0 Å². The minimum absolute atomic E-state index is 0.0370. The Kier molecular flexibility index (Phi) is 3.11. The number of benzene rings is 1. The summed E-state index contributed by atoms with van der Waals surface area (Å²) in [6, 6.07) is 5.22. The average molecular weight is 216 g/mol. The zero-order chi connectivity index (χ0) is 11.4. The van der Waals surface area contributed by atoms with Gasteiger partial charge in [0.05, 0.1) is 0 Å². The first-order chi connectivity index (χ1) is 7.81. The molecular weight excluding hydrogens is 204 g/mol. The molecule has 0 spiro atoms. The number of carbonyl (C=O) groups excluding carboxylic acids is 1. The molecule has 0 N–H and O–H groups in total. The number of hydrogen-bond acceptors (Lipinski definition) is 3. The molecule has 0 aliphatic carbocycles. The van der Waals surface area contributed by atoms with Crippen LogP contribution in [0, 0.1) is 12.3 Å². The number of ether oxygens (including phenoxy) is 2. The summed E-state index contributed by atoms with van der Waals surface area (Å²) < 4.78 is 10.8. The van der Waals surface area contributed by atoms with Gasteiger partial charge in [-0.05, 0) is 18.2 Å². The molecule has 82 valence electrons. The molecule has 16 heavy (non-hydrogen) atoms. The van der Waals surface area contributed by atoms with Gasteiger partial charge in [-0.2, -0.15) is 0 Å². The fraction of sp³-hybridized carbons (Fsp3) is 0.308. The third kappa shape index (κ3) is 2.17. The third-order valence-corrected chi connectivity index (χ3v) is 2.36. The SMILES string of the molecule is C#CCCC(=O)c1ccc2c(c1)OCCO2. The molecular formula is C13H12O3. The Morgan fingerprint density at radius 2 is 2.06 bits per heavy atom. The summed E-state index contributed by atoms with van der Waals surface area (Å²) in [5.41, 5.74) is 0.625. The molecule has 2 rings (SSSR count). The second-order valence-electron chi connectivity index (χ2n) is 3.49. The van der Waals surface area contributed by atoms with Gasteiger partial charge in [0, 0.05) is 18.4 Å². The Balaban J connectivity index is 2.17. The molecule has 1 aromatic carbocycles. The van der Waals surface area contributed by atoms with Crippen LogP contribution >= 0.6 is 0 Å². The lowest BCUT2D eigenvalue weighted by Gasteiger charge is -2.18. The van der Waals surface area contributed by atoms with Gasteiger partial charge < -0.3 is 9.47 Å². The van der Waals surface area contributed by atoms with Crippen molar-refractivity contribution in [3.8, 4) is 23.8 Å². The van der Waals surface area contributed by atoms with E-state index in [-0.39, 0.29) is 5.78 Å². The lowest BCUT2D eigenvalue weighted by atomic mass is 10.1. The van der Waals surface area contributed by atoms with E-state index in [0.717, 1.165) is 0 Å². The Morgan fingerprint density at radius 1 is 1.31 bits per heavy atom. The van der Waals surface area contributed by atoms with E-state index in [9.17, 15) is 4.79 Å². The highest BCUT2D eigenvalue weighted by Gasteiger charge is 2.14. The van der Waals surface area contributed by atoms with Crippen LogP contribution in [0.3, 0.4) is 0 Å². The quantitative estimate of drug-likeness (QED) is 0.573. The molecule has 0 saturated heterocycles. The lowest BCUT2D eigenvalue weighted by molar-refractivity contribution is 0.0983.